The Bertz CT molecular complexity index is 201. The molecular formula is C2F5KO3S. The summed E-state index contributed by atoms with van der Waals surface area (Å²) in [6.45, 7) is 0. The van der Waals surface area contributed by atoms with Crippen LogP contribution in [0, 0.1) is 0 Å². The minimum absolute atomic E-state index is 0. The van der Waals surface area contributed by atoms with Crippen LogP contribution in [-0.4, -0.2) is 12.3 Å². The van der Waals surface area contributed by atoms with Crippen molar-refractivity contribution in [2.75, 3.05) is 0 Å². The van der Waals surface area contributed by atoms with Crippen molar-refractivity contribution in [3.05, 3.63) is 0 Å². The van der Waals surface area contributed by atoms with Crippen molar-refractivity contribution in [1.82, 2.24) is 0 Å². The van der Waals surface area contributed by atoms with E-state index in [0.717, 1.165) is 0 Å². The van der Waals surface area contributed by atoms with Crippen molar-refractivity contribution >= 4 is 11.0 Å². The summed E-state index contributed by atoms with van der Waals surface area (Å²) in [6, 6.07) is 0. The van der Waals surface area contributed by atoms with Crippen LogP contribution in [0.1, 0.15) is 0 Å². The Labute approximate surface area is 108 Å². The number of alkyl halides is 5. The molecule has 68 valence electrons. The Morgan fingerprint density at radius 1 is 1.00 bits per heavy atom. The van der Waals surface area contributed by atoms with Gasteiger partial charge in [-0.3, -0.25) is 0 Å². The molecule has 0 aromatic carbocycles. The molecule has 0 unspecified atom stereocenters. The second kappa shape index (κ2) is 5.17. The number of halogens is 5. The second-order valence-corrected chi connectivity index (χ2v) is 1.88. The molecule has 0 atom stereocenters. The van der Waals surface area contributed by atoms with Gasteiger partial charge in [-0.05, 0) is 0 Å². The molecule has 12 heavy (non-hydrogen) atoms. The predicted octanol–water partition coefficient (Wildman–Crippen LogP) is -1.61. The largest absolute Gasteiger partial charge is 1.00 e. The SMILES string of the molecule is O=[S-](=O)OC(F)(F)C(F)(F)F.[K+]. The van der Waals surface area contributed by atoms with Crippen LogP contribution >= 0.6 is 0 Å². The summed E-state index contributed by atoms with van der Waals surface area (Å²) in [7, 11) is -3.90. The van der Waals surface area contributed by atoms with E-state index in [1.165, 1.54) is 0 Å². The first-order chi connectivity index (χ1) is 4.67. The van der Waals surface area contributed by atoms with Gasteiger partial charge in [0.05, 0.1) is 11.0 Å². The van der Waals surface area contributed by atoms with Crippen molar-refractivity contribution < 1.29 is 85.9 Å². The number of hydrogen-bond acceptors (Lipinski definition) is 4. The van der Waals surface area contributed by atoms with Crippen molar-refractivity contribution in [3.8, 4) is 0 Å². The summed E-state index contributed by atoms with van der Waals surface area (Å²) in [5.74, 6) is 0. The Hall–Kier alpha value is 1.20. The first-order valence-corrected chi connectivity index (χ1v) is 2.90. The summed E-state index contributed by atoms with van der Waals surface area (Å²) >= 11 is 0. The van der Waals surface area contributed by atoms with Crippen LogP contribution in [0.3, 0.4) is 0 Å². The Morgan fingerprint density at radius 2 is 1.33 bits per heavy atom. The third-order valence-corrected chi connectivity index (χ3v) is 0.848. The molecule has 0 saturated carbocycles. The smallest absolute Gasteiger partial charge is 0.397 e. The van der Waals surface area contributed by atoms with Gasteiger partial charge < -0.3 is 12.6 Å². The van der Waals surface area contributed by atoms with Gasteiger partial charge >= 0.3 is 63.7 Å². The van der Waals surface area contributed by atoms with Gasteiger partial charge in [0.1, 0.15) is 0 Å². The van der Waals surface area contributed by atoms with Crippen LogP contribution in [0.25, 0.3) is 0 Å². The van der Waals surface area contributed by atoms with E-state index in [-0.39, 0.29) is 51.4 Å². The summed E-state index contributed by atoms with van der Waals surface area (Å²) in [6.07, 6.45) is -11.7. The molecule has 3 nitrogen and oxygen atoms in total. The molecule has 0 aliphatic heterocycles. The summed E-state index contributed by atoms with van der Waals surface area (Å²) in [5.41, 5.74) is 0. The Balaban J connectivity index is 0. The second-order valence-electron chi connectivity index (χ2n) is 1.30. The molecule has 0 rings (SSSR count). The zero-order valence-electron chi connectivity index (χ0n) is 5.52. The van der Waals surface area contributed by atoms with Crippen LogP contribution in [0.2, 0.25) is 0 Å². The van der Waals surface area contributed by atoms with Gasteiger partial charge in [0.25, 0.3) is 0 Å². The molecule has 0 aliphatic carbocycles. The normalized spacial score (nSPS) is 12.8. The minimum Gasteiger partial charge on any atom is -0.397 e. The zero-order valence-corrected chi connectivity index (χ0v) is 9.46. The van der Waals surface area contributed by atoms with Crippen LogP contribution in [0.5, 0.6) is 0 Å². The third kappa shape index (κ3) is 5.04. The van der Waals surface area contributed by atoms with Crippen LogP contribution in [0.4, 0.5) is 22.0 Å². The van der Waals surface area contributed by atoms with Gasteiger partial charge in [-0.1, -0.05) is 0 Å². The molecule has 0 aromatic heterocycles. The molecule has 0 N–H and O–H groups in total. The van der Waals surface area contributed by atoms with Crippen LogP contribution in [0.15, 0.2) is 0 Å². The molecule has 0 aromatic rings. The minimum atomic E-state index is -6.02. The Morgan fingerprint density at radius 3 is 1.42 bits per heavy atom. The molecule has 0 amide bonds. The standard InChI is InChI=1S/C2F5O3S.K/c3-1(4,5)2(6,7)10-11(8)9;/q-1;+1. The summed E-state index contributed by atoms with van der Waals surface area (Å²) < 4.78 is 76.8. The zero-order chi connectivity index (χ0) is 9.28. The fourth-order valence-corrected chi connectivity index (χ4v) is 0.398. The summed E-state index contributed by atoms with van der Waals surface area (Å²) in [5, 5.41) is 0. The van der Waals surface area contributed by atoms with E-state index in [1.54, 1.807) is 0 Å². The third-order valence-electron chi connectivity index (χ3n) is 0.503. The van der Waals surface area contributed by atoms with Gasteiger partial charge in [-0.15, -0.1) is 0 Å². The maximum atomic E-state index is 11.4. The number of hydrogen-bond donors (Lipinski definition) is 0. The van der Waals surface area contributed by atoms with Gasteiger partial charge in [-0.25, -0.2) is 0 Å². The molecule has 0 radical (unpaired) electrons. The fraction of sp³-hybridized carbons (Fsp3) is 1.00. The average Bonchev–Trinajstić information content (AvgIpc) is 1.56. The van der Waals surface area contributed by atoms with Gasteiger partial charge in [-0.2, -0.15) is 22.0 Å². The molecule has 0 saturated heterocycles. The average molecular weight is 238 g/mol. The van der Waals surface area contributed by atoms with Crippen molar-refractivity contribution in [2.45, 2.75) is 12.3 Å². The van der Waals surface area contributed by atoms with Crippen molar-refractivity contribution in [3.63, 3.8) is 0 Å². The topological polar surface area (TPSA) is 43.4 Å². The van der Waals surface area contributed by atoms with Gasteiger partial charge in [0, 0.05) is 0 Å². The molecule has 0 bridgehead atoms. The maximum absolute atomic E-state index is 11.4. The molecule has 0 heterocycles. The van der Waals surface area contributed by atoms with E-state index in [2.05, 4.69) is 4.18 Å². The maximum Gasteiger partial charge on any atom is 1.00 e. The molecule has 0 aliphatic rings. The van der Waals surface area contributed by atoms with Crippen molar-refractivity contribution in [1.29, 1.82) is 0 Å². The van der Waals surface area contributed by atoms with Crippen molar-refractivity contribution in [2.24, 2.45) is 0 Å². The molecule has 10 heteroatoms. The van der Waals surface area contributed by atoms with Crippen LogP contribution in [-0.2, 0) is 23.6 Å². The van der Waals surface area contributed by atoms with Crippen LogP contribution < -0.4 is 51.4 Å². The van der Waals surface area contributed by atoms with Gasteiger partial charge in [0.2, 0.25) is 0 Å². The quantitative estimate of drug-likeness (QED) is 0.330. The predicted molar refractivity (Wildman–Crippen MR) is 20.8 cm³/mol. The van der Waals surface area contributed by atoms with E-state index in [1.807, 2.05) is 0 Å². The van der Waals surface area contributed by atoms with Gasteiger partial charge in [0.15, 0.2) is 0 Å². The summed E-state index contributed by atoms with van der Waals surface area (Å²) in [4.78, 5) is 0. The first-order valence-electron chi connectivity index (χ1n) is 1.90. The fourth-order valence-electron chi connectivity index (χ4n) is 0.133. The van der Waals surface area contributed by atoms with E-state index in [4.69, 9.17) is 0 Å². The first kappa shape index (κ1) is 15.7. The van der Waals surface area contributed by atoms with E-state index in [0.29, 0.717) is 0 Å². The van der Waals surface area contributed by atoms with E-state index in [9.17, 15) is 30.4 Å². The molecule has 0 spiro atoms. The molecular weight excluding hydrogens is 238 g/mol. The number of rotatable bonds is 2. The van der Waals surface area contributed by atoms with E-state index < -0.39 is 23.3 Å². The monoisotopic (exact) mass is 238 g/mol. The molecule has 0 fully saturated rings. The Kier molecular flexibility index (Phi) is 6.75. The van der Waals surface area contributed by atoms with E-state index >= 15 is 0 Å².